The van der Waals surface area contributed by atoms with Crippen molar-refractivity contribution in [3.63, 3.8) is 0 Å². The SMILES string of the molecule is Cc1cc(=O)n2c(n1)nc(-c1ccncc1)n2C. The molecule has 6 nitrogen and oxygen atoms in total. The largest absolute Gasteiger partial charge is 0.274 e. The van der Waals surface area contributed by atoms with E-state index in [2.05, 4.69) is 15.0 Å². The summed E-state index contributed by atoms with van der Waals surface area (Å²) in [5.74, 6) is 1.10. The minimum Gasteiger partial charge on any atom is -0.267 e. The predicted octanol–water partition coefficient (Wildman–Crippen LogP) is 0.798. The van der Waals surface area contributed by atoms with Gasteiger partial charge in [0.1, 0.15) is 0 Å². The van der Waals surface area contributed by atoms with Crippen LogP contribution >= 0.6 is 0 Å². The molecule has 0 aliphatic carbocycles. The third kappa shape index (κ3) is 1.50. The van der Waals surface area contributed by atoms with E-state index in [1.807, 2.05) is 12.1 Å². The van der Waals surface area contributed by atoms with Gasteiger partial charge in [0.15, 0.2) is 5.82 Å². The molecule has 0 fully saturated rings. The summed E-state index contributed by atoms with van der Waals surface area (Å²) in [7, 11) is 1.79. The van der Waals surface area contributed by atoms with Gasteiger partial charge in [0.25, 0.3) is 11.3 Å². The van der Waals surface area contributed by atoms with Gasteiger partial charge in [-0.25, -0.2) is 4.98 Å². The maximum absolute atomic E-state index is 11.9. The molecule has 3 rings (SSSR count). The fourth-order valence-corrected chi connectivity index (χ4v) is 1.94. The second kappa shape index (κ2) is 3.76. The molecule has 0 aliphatic heterocycles. The molecule has 0 atom stereocenters. The maximum atomic E-state index is 11.9. The van der Waals surface area contributed by atoms with Crippen molar-refractivity contribution in [1.29, 1.82) is 0 Å². The van der Waals surface area contributed by atoms with Crippen molar-refractivity contribution >= 4 is 5.78 Å². The summed E-state index contributed by atoms with van der Waals surface area (Å²) in [5.41, 5.74) is 1.43. The van der Waals surface area contributed by atoms with Crippen LogP contribution in [0.25, 0.3) is 17.2 Å². The molecule has 3 aromatic heterocycles. The van der Waals surface area contributed by atoms with Crippen LogP contribution in [0.3, 0.4) is 0 Å². The van der Waals surface area contributed by atoms with Gasteiger partial charge < -0.3 is 0 Å². The lowest BCUT2D eigenvalue weighted by Gasteiger charge is -2.01. The van der Waals surface area contributed by atoms with Gasteiger partial charge in [0.05, 0.1) is 0 Å². The Kier molecular flexibility index (Phi) is 2.22. The molecular formula is C12H11N5O. The number of fused-ring (bicyclic) bond motifs is 1. The average molecular weight is 241 g/mol. The summed E-state index contributed by atoms with van der Waals surface area (Å²) >= 11 is 0. The van der Waals surface area contributed by atoms with Crippen LogP contribution in [-0.4, -0.2) is 24.1 Å². The molecule has 90 valence electrons. The van der Waals surface area contributed by atoms with Crippen LogP contribution in [0.4, 0.5) is 0 Å². The second-order valence-corrected chi connectivity index (χ2v) is 4.04. The Morgan fingerprint density at radius 2 is 1.89 bits per heavy atom. The van der Waals surface area contributed by atoms with E-state index < -0.39 is 0 Å². The minimum absolute atomic E-state index is 0.132. The number of rotatable bonds is 1. The number of aryl methyl sites for hydroxylation is 2. The Morgan fingerprint density at radius 3 is 2.61 bits per heavy atom. The minimum atomic E-state index is -0.132. The predicted molar refractivity (Wildman–Crippen MR) is 66.2 cm³/mol. The molecular weight excluding hydrogens is 230 g/mol. The standard InChI is InChI=1S/C12H11N5O/c1-8-7-10(18)17-12(14-8)15-11(16(17)2)9-3-5-13-6-4-9/h3-7H,1-2H3. The summed E-state index contributed by atoms with van der Waals surface area (Å²) in [6, 6.07) is 5.18. The molecule has 0 N–H and O–H groups in total. The summed E-state index contributed by atoms with van der Waals surface area (Å²) in [4.78, 5) is 24.5. The van der Waals surface area contributed by atoms with Crippen molar-refractivity contribution in [3.05, 3.63) is 46.6 Å². The van der Waals surface area contributed by atoms with Crippen LogP contribution < -0.4 is 5.56 Å². The van der Waals surface area contributed by atoms with Crippen molar-refractivity contribution in [2.75, 3.05) is 0 Å². The van der Waals surface area contributed by atoms with E-state index in [1.54, 1.807) is 31.0 Å². The molecule has 0 amide bonds. The van der Waals surface area contributed by atoms with Crippen LogP contribution in [0.5, 0.6) is 0 Å². The van der Waals surface area contributed by atoms with Crippen LogP contribution in [-0.2, 0) is 7.05 Å². The molecule has 0 saturated heterocycles. The molecule has 0 spiro atoms. The van der Waals surface area contributed by atoms with Gasteiger partial charge in [-0.3, -0.25) is 14.5 Å². The van der Waals surface area contributed by atoms with Crippen LogP contribution in [0, 0.1) is 6.92 Å². The Labute approximate surface area is 103 Å². The molecule has 0 aliphatic rings. The molecule has 0 radical (unpaired) electrons. The van der Waals surface area contributed by atoms with E-state index in [1.165, 1.54) is 10.6 Å². The van der Waals surface area contributed by atoms with E-state index >= 15 is 0 Å². The number of hydrogen-bond acceptors (Lipinski definition) is 4. The number of hydrogen-bond donors (Lipinski definition) is 0. The van der Waals surface area contributed by atoms with Gasteiger partial charge in [-0.2, -0.15) is 9.50 Å². The first-order valence-corrected chi connectivity index (χ1v) is 5.50. The summed E-state index contributed by atoms with van der Waals surface area (Å²) in [5, 5.41) is 0. The van der Waals surface area contributed by atoms with Gasteiger partial charge in [-0.05, 0) is 19.1 Å². The van der Waals surface area contributed by atoms with E-state index in [9.17, 15) is 4.79 Å². The Bertz CT molecular complexity index is 772. The topological polar surface area (TPSA) is 65.1 Å². The highest BCUT2D eigenvalue weighted by Crippen LogP contribution is 2.15. The summed E-state index contributed by atoms with van der Waals surface area (Å²) < 4.78 is 3.14. The highest BCUT2D eigenvalue weighted by atomic mass is 16.1. The lowest BCUT2D eigenvalue weighted by atomic mass is 10.2. The molecule has 6 heteroatoms. The number of pyridine rings is 1. The lowest BCUT2D eigenvalue weighted by molar-refractivity contribution is 0.685. The third-order valence-electron chi connectivity index (χ3n) is 2.76. The van der Waals surface area contributed by atoms with E-state index in [0.717, 1.165) is 5.56 Å². The molecule has 0 unspecified atom stereocenters. The quantitative estimate of drug-likeness (QED) is 0.632. The zero-order valence-electron chi connectivity index (χ0n) is 10.0. The summed E-state index contributed by atoms with van der Waals surface area (Å²) in [6.45, 7) is 1.78. The third-order valence-corrected chi connectivity index (χ3v) is 2.76. The second-order valence-electron chi connectivity index (χ2n) is 4.04. The summed E-state index contributed by atoms with van der Waals surface area (Å²) in [6.07, 6.45) is 3.38. The molecule has 3 heterocycles. The first kappa shape index (κ1) is 10.6. The molecule has 3 aromatic rings. The molecule has 0 aromatic carbocycles. The maximum Gasteiger partial charge on any atom is 0.274 e. The zero-order valence-corrected chi connectivity index (χ0v) is 10.0. The molecule has 0 bridgehead atoms. The van der Waals surface area contributed by atoms with E-state index in [0.29, 0.717) is 17.3 Å². The fraction of sp³-hybridized carbons (Fsp3) is 0.167. The van der Waals surface area contributed by atoms with Crippen molar-refractivity contribution in [2.45, 2.75) is 6.92 Å². The number of aromatic nitrogens is 5. The van der Waals surface area contributed by atoms with Crippen molar-refractivity contribution in [3.8, 4) is 11.4 Å². The first-order chi connectivity index (χ1) is 8.66. The Balaban J connectivity index is 2.37. The van der Waals surface area contributed by atoms with Gasteiger partial charge in [0.2, 0.25) is 0 Å². The smallest absolute Gasteiger partial charge is 0.267 e. The van der Waals surface area contributed by atoms with Crippen LogP contribution in [0.1, 0.15) is 5.69 Å². The lowest BCUT2D eigenvalue weighted by Crippen LogP contribution is -2.19. The van der Waals surface area contributed by atoms with Gasteiger partial charge in [-0.1, -0.05) is 0 Å². The van der Waals surface area contributed by atoms with Crippen LogP contribution in [0.15, 0.2) is 35.4 Å². The molecule has 18 heavy (non-hydrogen) atoms. The molecule has 0 saturated carbocycles. The highest BCUT2D eigenvalue weighted by Gasteiger charge is 2.11. The normalized spacial score (nSPS) is 11.0. The van der Waals surface area contributed by atoms with E-state index in [4.69, 9.17) is 0 Å². The fourth-order valence-electron chi connectivity index (χ4n) is 1.94. The average Bonchev–Trinajstić information content (AvgIpc) is 2.67. The monoisotopic (exact) mass is 241 g/mol. The Morgan fingerprint density at radius 1 is 1.17 bits per heavy atom. The highest BCUT2D eigenvalue weighted by molar-refractivity contribution is 5.56. The van der Waals surface area contributed by atoms with Crippen molar-refractivity contribution in [2.24, 2.45) is 7.05 Å². The van der Waals surface area contributed by atoms with Crippen LogP contribution in [0.2, 0.25) is 0 Å². The van der Waals surface area contributed by atoms with Gasteiger partial charge in [-0.15, -0.1) is 0 Å². The first-order valence-electron chi connectivity index (χ1n) is 5.50. The zero-order chi connectivity index (χ0) is 12.7. The van der Waals surface area contributed by atoms with Gasteiger partial charge >= 0.3 is 0 Å². The Hall–Kier alpha value is -2.50. The van der Waals surface area contributed by atoms with E-state index in [-0.39, 0.29) is 5.56 Å². The van der Waals surface area contributed by atoms with Crippen molar-refractivity contribution in [1.82, 2.24) is 24.1 Å². The number of nitrogens with zero attached hydrogens (tertiary/aromatic N) is 5. The van der Waals surface area contributed by atoms with Crippen molar-refractivity contribution < 1.29 is 0 Å². The van der Waals surface area contributed by atoms with Gasteiger partial charge in [0, 0.05) is 36.8 Å².